The first-order chi connectivity index (χ1) is 12.4. The average Bonchev–Trinajstić information content (AvgIpc) is 3.04. The Morgan fingerprint density at radius 3 is 2.56 bits per heavy atom. The van der Waals surface area contributed by atoms with Crippen LogP contribution in [0, 0.1) is 0 Å². The van der Waals surface area contributed by atoms with Crippen LogP contribution in [-0.2, 0) is 6.54 Å². The summed E-state index contributed by atoms with van der Waals surface area (Å²) in [6.45, 7) is 3.45. The molecule has 0 amide bonds. The highest BCUT2D eigenvalue weighted by Gasteiger charge is 2.41. The Labute approximate surface area is 173 Å². The van der Waals surface area contributed by atoms with Crippen molar-refractivity contribution in [1.82, 2.24) is 24.5 Å². The van der Waals surface area contributed by atoms with E-state index in [0.29, 0.717) is 38.7 Å². The topological polar surface area (TPSA) is 48.2 Å². The molecule has 1 atom stereocenters. The fourth-order valence-electron chi connectivity index (χ4n) is 3.10. The van der Waals surface area contributed by atoms with E-state index >= 15 is 0 Å². The summed E-state index contributed by atoms with van der Waals surface area (Å²) in [6.07, 6.45) is -0.314. The summed E-state index contributed by atoms with van der Waals surface area (Å²) in [4.78, 5) is 12.2. The van der Waals surface area contributed by atoms with Gasteiger partial charge in [-0.3, -0.25) is 9.89 Å². The van der Waals surface area contributed by atoms with Crippen molar-refractivity contribution in [1.29, 1.82) is 0 Å². The number of halogens is 4. The Hall–Kier alpha value is -1.56. The van der Waals surface area contributed by atoms with Gasteiger partial charge in [-0.15, -0.1) is 24.0 Å². The van der Waals surface area contributed by atoms with E-state index in [1.165, 1.54) is 11.8 Å². The second-order valence-electron chi connectivity index (χ2n) is 6.34. The number of guanidine groups is 1. The normalized spacial score (nSPS) is 17.7. The molecule has 1 N–H and O–H groups in total. The van der Waals surface area contributed by atoms with Crippen molar-refractivity contribution in [2.24, 2.45) is 4.99 Å². The highest BCUT2D eigenvalue weighted by molar-refractivity contribution is 14.0. The van der Waals surface area contributed by atoms with E-state index in [1.807, 2.05) is 39.9 Å². The minimum Gasteiger partial charge on any atom is -0.351 e. The number of alkyl halides is 3. The summed E-state index contributed by atoms with van der Waals surface area (Å²) < 4.78 is 40.5. The molecule has 0 aliphatic carbocycles. The van der Waals surface area contributed by atoms with Gasteiger partial charge in [0.2, 0.25) is 0 Å². The maximum absolute atomic E-state index is 12.9. The molecule has 1 saturated heterocycles. The molecule has 6 nitrogen and oxygen atoms in total. The molecule has 1 aliphatic heterocycles. The number of hydrogen-bond acceptors (Lipinski definition) is 3. The third-order valence-corrected chi connectivity index (χ3v) is 4.69. The first-order valence-electron chi connectivity index (χ1n) is 8.57. The van der Waals surface area contributed by atoms with E-state index in [9.17, 15) is 13.2 Å². The van der Waals surface area contributed by atoms with Gasteiger partial charge in [0.15, 0.2) is 5.96 Å². The van der Waals surface area contributed by atoms with Crippen LogP contribution in [0.3, 0.4) is 0 Å². The molecule has 0 saturated carbocycles. The van der Waals surface area contributed by atoms with E-state index in [2.05, 4.69) is 15.3 Å². The van der Waals surface area contributed by atoms with Crippen LogP contribution in [0.5, 0.6) is 0 Å². The van der Waals surface area contributed by atoms with Gasteiger partial charge in [0.05, 0.1) is 12.2 Å². The quantitative estimate of drug-likeness (QED) is 0.404. The molecule has 2 aromatic heterocycles. The molecule has 0 radical (unpaired) electrons. The first-order valence-corrected chi connectivity index (χ1v) is 8.57. The fraction of sp³-hybridized carbons (Fsp3) is 0.529. The molecule has 27 heavy (non-hydrogen) atoms. The van der Waals surface area contributed by atoms with Gasteiger partial charge in [-0.1, -0.05) is 6.07 Å². The molecule has 2 aromatic rings. The molecule has 1 fully saturated rings. The molecule has 0 spiro atoms. The molecule has 10 heteroatoms. The molecule has 150 valence electrons. The van der Waals surface area contributed by atoms with Crippen LogP contribution in [0.2, 0.25) is 0 Å². The van der Waals surface area contributed by atoms with Crippen molar-refractivity contribution in [3.8, 4) is 0 Å². The van der Waals surface area contributed by atoms with Gasteiger partial charge < -0.3 is 14.6 Å². The SMILES string of the molecule is CN=C(NCc1cn2ccccc2n1)N1CCN(C(C)C(F)(F)F)CC1.I. The van der Waals surface area contributed by atoms with Crippen LogP contribution in [0.15, 0.2) is 35.6 Å². The molecule has 1 unspecified atom stereocenters. The average molecular weight is 496 g/mol. The summed E-state index contributed by atoms with van der Waals surface area (Å²) in [5, 5.41) is 3.25. The number of nitrogens with one attached hydrogen (secondary N) is 1. The summed E-state index contributed by atoms with van der Waals surface area (Å²) in [7, 11) is 1.68. The van der Waals surface area contributed by atoms with E-state index in [-0.39, 0.29) is 24.0 Å². The lowest BCUT2D eigenvalue weighted by Crippen LogP contribution is -2.56. The Kier molecular flexibility index (Phi) is 7.32. The Bertz CT molecular complexity index is 734. The predicted molar refractivity (Wildman–Crippen MR) is 109 cm³/mol. The number of fused-ring (bicyclic) bond motifs is 1. The van der Waals surface area contributed by atoms with Gasteiger partial charge in [-0.25, -0.2) is 4.98 Å². The van der Waals surface area contributed by atoms with Crippen molar-refractivity contribution in [2.45, 2.75) is 25.7 Å². The van der Waals surface area contributed by atoms with Gasteiger partial charge >= 0.3 is 6.18 Å². The van der Waals surface area contributed by atoms with Crippen LogP contribution in [0.25, 0.3) is 5.65 Å². The minimum absolute atomic E-state index is 0. The summed E-state index contributed by atoms with van der Waals surface area (Å²) in [5.41, 5.74) is 1.75. The first kappa shape index (κ1) is 21.7. The van der Waals surface area contributed by atoms with Crippen molar-refractivity contribution in [2.75, 3.05) is 33.2 Å². The van der Waals surface area contributed by atoms with Crippen LogP contribution in [0.4, 0.5) is 13.2 Å². The lowest BCUT2D eigenvalue weighted by Gasteiger charge is -2.39. The Balaban J connectivity index is 0.00000261. The van der Waals surface area contributed by atoms with E-state index < -0.39 is 12.2 Å². The lowest BCUT2D eigenvalue weighted by molar-refractivity contribution is -0.181. The second-order valence-corrected chi connectivity index (χ2v) is 6.34. The molecule has 3 rings (SSSR count). The van der Waals surface area contributed by atoms with E-state index in [1.54, 1.807) is 7.05 Å². The van der Waals surface area contributed by atoms with Crippen LogP contribution >= 0.6 is 24.0 Å². The van der Waals surface area contributed by atoms with Crippen molar-refractivity contribution < 1.29 is 13.2 Å². The van der Waals surface area contributed by atoms with Gasteiger partial charge in [-0.05, 0) is 19.1 Å². The maximum Gasteiger partial charge on any atom is 0.403 e. The standard InChI is InChI=1S/C17H23F3N6.HI/c1-13(17(18,19)20)24-7-9-25(10-8-24)16(21-2)22-11-14-12-26-6-4-3-5-15(26)23-14;/h3-6,12-13H,7-11H2,1-2H3,(H,21,22);1H. The Morgan fingerprint density at radius 1 is 1.26 bits per heavy atom. The molecular weight excluding hydrogens is 472 g/mol. The number of rotatable bonds is 3. The third-order valence-electron chi connectivity index (χ3n) is 4.69. The summed E-state index contributed by atoms with van der Waals surface area (Å²) >= 11 is 0. The largest absolute Gasteiger partial charge is 0.403 e. The second kappa shape index (κ2) is 9.09. The fourth-order valence-corrected chi connectivity index (χ4v) is 3.10. The molecule has 1 aliphatic rings. The zero-order valence-corrected chi connectivity index (χ0v) is 17.6. The van der Waals surface area contributed by atoms with Gasteiger partial charge in [0, 0.05) is 45.6 Å². The molecule has 0 aromatic carbocycles. The number of aromatic nitrogens is 2. The highest BCUT2D eigenvalue weighted by atomic mass is 127. The monoisotopic (exact) mass is 496 g/mol. The number of piperazine rings is 1. The van der Waals surface area contributed by atoms with E-state index in [4.69, 9.17) is 0 Å². The van der Waals surface area contributed by atoms with Crippen molar-refractivity contribution in [3.05, 3.63) is 36.3 Å². The number of pyridine rings is 1. The molecule has 3 heterocycles. The number of hydrogen-bond donors (Lipinski definition) is 1. The maximum atomic E-state index is 12.9. The van der Waals surface area contributed by atoms with Crippen LogP contribution in [-0.4, -0.2) is 70.6 Å². The van der Waals surface area contributed by atoms with Gasteiger partial charge in [0.1, 0.15) is 11.7 Å². The van der Waals surface area contributed by atoms with Gasteiger partial charge in [-0.2, -0.15) is 13.2 Å². The van der Waals surface area contributed by atoms with Crippen molar-refractivity contribution >= 4 is 35.6 Å². The van der Waals surface area contributed by atoms with Gasteiger partial charge in [0.25, 0.3) is 0 Å². The van der Waals surface area contributed by atoms with Crippen LogP contribution in [0.1, 0.15) is 12.6 Å². The number of nitrogens with zero attached hydrogens (tertiary/aromatic N) is 5. The smallest absolute Gasteiger partial charge is 0.351 e. The number of imidazole rings is 1. The Morgan fingerprint density at radius 2 is 1.96 bits per heavy atom. The van der Waals surface area contributed by atoms with Crippen LogP contribution < -0.4 is 5.32 Å². The van der Waals surface area contributed by atoms with E-state index in [0.717, 1.165) is 11.3 Å². The molecule has 0 bridgehead atoms. The highest BCUT2D eigenvalue weighted by Crippen LogP contribution is 2.25. The lowest BCUT2D eigenvalue weighted by atomic mass is 10.2. The number of aliphatic imine (C=N–C) groups is 1. The molecular formula is C17H24F3IN6. The summed E-state index contributed by atoms with van der Waals surface area (Å²) in [6, 6.07) is 4.38. The zero-order chi connectivity index (χ0) is 18.7. The zero-order valence-electron chi connectivity index (χ0n) is 15.3. The van der Waals surface area contributed by atoms with Crippen molar-refractivity contribution in [3.63, 3.8) is 0 Å². The predicted octanol–water partition coefficient (Wildman–Crippen LogP) is 2.60. The summed E-state index contributed by atoms with van der Waals surface area (Å²) in [5.74, 6) is 0.682. The third kappa shape index (κ3) is 5.24. The minimum atomic E-state index is -4.19.